The first-order valence-electron chi connectivity index (χ1n) is 13.7. The maximum absolute atomic E-state index is 12.5. The van der Waals surface area contributed by atoms with Crippen LogP contribution in [0.3, 0.4) is 0 Å². The van der Waals surface area contributed by atoms with Gasteiger partial charge in [0.15, 0.2) is 5.69 Å². The molecule has 0 N–H and O–H groups in total. The molecule has 0 unspecified atom stereocenters. The van der Waals surface area contributed by atoms with Crippen LogP contribution in [0.1, 0.15) is 88.5 Å². The Kier molecular flexibility index (Phi) is 12.5. The Morgan fingerprint density at radius 2 is 1.14 bits per heavy atom. The summed E-state index contributed by atoms with van der Waals surface area (Å²) in [6, 6.07) is 14.8. The Bertz CT molecular complexity index is 1030. The van der Waals surface area contributed by atoms with Gasteiger partial charge < -0.3 is 14.2 Å². The second-order valence-corrected chi connectivity index (χ2v) is 9.20. The summed E-state index contributed by atoms with van der Waals surface area (Å²) in [5, 5.41) is 0. The molecule has 0 aliphatic rings. The average Bonchev–Trinajstić information content (AvgIpc) is 2.94. The number of rotatable bonds is 17. The van der Waals surface area contributed by atoms with Gasteiger partial charge in [0.05, 0.1) is 31.3 Å². The third kappa shape index (κ3) is 10.2. The third-order valence-corrected chi connectivity index (χ3v) is 6.08. The van der Waals surface area contributed by atoms with Gasteiger partial charge in [-0.15, -0.1) is 0 Å². The fraction of sp³-hybridized carbons (Fsp3) is 0.452. The molecule has 6 heteroatoms. The monoisotopic (exact) mass is 504 g/mol. The van der Waals surface area contributed by atoms with Crippen molar-refractivity contribution in [1.29, 1.82) is 0 Å². The van der Waals surface area contributed by atoms with Crippen molar-refractivity contribution in [2.45, 2.75) is 78.1 Å². The van der Waals surface area contributed by atoms with Crippen LogP contribution in [-0.2, 0) is 0 Å². The minimum atomic E-state index is -0.549. The normalized spacial score (nSPS) is 10.8. The summed E-state index contributed by atoms with van der Waals surface area (Å²) < 4.78 is 17.0. The van der Waals surface area contributed by atoms with Gasteiger partial charge in [0.2, 0.25) is 0 Å². The summed E-state index contributed by atoms with van der Waals surface area (Å²) >= 11 is 0. The fourth-order valence-electron chi connectivity index (χ4n) is 3.86. The maximum Gasteiger partial charge on any atom is 0.363 e. The topological polar surface area (TPSA) is 70.5 Å². The number of esters is 1. The third-order valence-electron chi connectivity index (χ3n) is 6.08. The lowest BCUT2D eigenvalue weighted by atomic mass is 10.1. The molecule has 0 aliphatic carbocycles. The number of carbonyl (C=O) groups excluding carboxylic acids is 1. The Morgan fingerprint density at radius 1 is 0.622 bits per heavy atom. The number of aromatic nitrogens is 2. The SMILES string of the molecule is CCCCCCCCOc1ccc(OC(=O)c2cnc(-c3ccc(OCCCCCC)cc3)cn2)cc1. The zero-order valence-electron chi connectivity index (χ0n) is 22.3. The van der Waals surface area contributed by atoms with Crippen LogP contribution in [0, 0.1) is 0 Å². The van der Waals surface area contributed by atoms with Crippen LogP contribution in [0.25, 0.3) is 11.3 Å². The van der Waals surface area contributed by atoms with E-state index in [0.29, 0.717) is 18.1 Å². The number of ether oxygens (including phenoxy) is 3. The number of hydrogen-bond donors (Lipinski definition) is 0. The quantitative estimate of drug-likeness (QED) is 0.105. The van der Waals surface area contributed by atoms with E-state index in [4.69, 9.17) is 14.2 Å². The standard InChI is InChI=1S/C31H40N2O4/c1-3-5-7-9-10-12-22-36-27-17-19-28(20-18-27)37-31(34)30-24-32-29(23-33-30)25-13-15-26(16-14-25)35-21-11-8-6-4-2/h13-20,23-24H,3-12,21-22H2,1-2H3. The van der Waals surface area contributed by atoms with E-state index >= 15 is 0 Å². The van der Waals surface area contributed by atoms with Gasteiger partial charge in [-0.25, -0.2) is 9.78 Å². The molecule has 0 amide bonds. The van der Waals surface area contributed by atoms with Crippen LogP contribution in [0.5, 0.6) is 17.2 Å². The second kappa shape index (κ2) is 16.4. The first-order chi connectivity index (χ1) is 18.2. The van der Waals surface area contributed by atoms with Crippen molar-refractivity contribution >= 4 is 5.97 Å². The van der Waals surface area contributed by atoms with Crippen LogP contribution in [0.4, 0.5) is 0 Å². The van der Waals surface area contributed by atoms with Gasteiger partial charge in [0, 0.05) is 5.56 Å². The molecular formula is C31H40N2O4. The van der Waals surface area contributed by atoms with Crippen molar-refractivity contribution in [3.05, 3.63) is 66.6 Å². The summed E-state index contributed by atoms with van der Waals surface area (Å²) in [4.78, 5) is 21.1. The molecule has 0 spiro atoms. The molecule has 3 aromatic rings. The van der Waals surface area contributed by atoms with E-state index in [1.165, 1.54) is 57.6 Å². The summed E-state index contributed by atoms with van der Waals surface area (Å²) in [5.41, 5.74) is 1.74. The van der Waals surface area contributed by atoms with E-state index in [-0.39, 0.29) is 5.69 Å². The summed E-state index contributed by atoms with van der Waals surface area (Å²) in [7, 11) is 0. The summed E-state index contributed by atoms with van der Waals surface area (Å²) in [6.07, 6.45) is 15.1. The van der Waals surface area contributed by atoms with E-state index < -0.39 is 5.97 Å². The van der Waals surface area contributed by atoms with Gasteiger partial charge in [0.25, 0.3) is 0 Å². The molecule has 0 saturated heterocycles. The van der Waals surface area contributed by atoms with Gasteiger partial charge in [-0.3, -0.25) is 4.98 Å². The molecule has 0 fully saturated rings. The lowest BCUT2D eigenvalue weighted by Gasteiger charge is -2.08. The van der Waals surface area contributed by atoms with E-state index in [1.807, 2.05) is 36.4 Å². The molecular weight excluding hydrogens is 464 g/mol. The molecule has 0 bridgehead atoms. The van der Waals surface area contributed by atoms with Gasteiger partial charge in [-0.1, -0.05) is 65.2 Å². The lowest BCUT2D eigenvalue weighted by Crippen LogP contribution is -2.11. The van der Waals surface area contributed by atoms with E-state index in [0.717, 1.165) is 36.5 Å². The van der Waals surface area contributed by atoms with E-state index in [2.05, 4.69) is 23.8 Å². The first-order valence-corrected chi connectivity index (χ1v) is 13.7. The predicted molar refractivity (Wildman–Crippen MR) is 147 cm³/mol. The van der Waals surface area contributed by atoms with Crippen LogP contribution in [0.15, 0.2) is 60.9 Å². The lowest BCUT2D eigenvalue weighted by molar-refractivity contribution is 0.0728. The van der Waals surface area contributed by atoms with Crippen LogP contribution < -0.4 is 14.2 Å². The van der Waals surface area contributed by atoms with Crippen LogP contribution in [0.2, 0.25) is 0 Å². The zero-order chi connectivity index (χ0) is 26.1. The molecule has 0 aliphatic heterocycles. The Morgan fingerprint density at radius 3 is 1.70 bits per heavy atom. The molecule has 1 heterocycles. The number of benzene rings is 2. The molecule has 3 rings (SSSR count). The minimum absolute atomic E-state index is 0.152. The van der Waals surface area contributed by atoms with Crippen LogP contribution >= 0.6 is 0 Å². The zero-order valence-corrected chi connectivity index (χ0v) is 22.3. The van der Waals surface area contributed by atoms with Gasteiger partial charge >= 0.3 is 5.97 Å². The van der Waals surface area contributed by atoms with Crippen molar-refractivity contribution in [2.75, 3.05) is 13.2 Å². The Balaban J connectivity index is 1.42. The first kappa shape index (κ1) is 28.2. The van der Waals surface area contributed by atoms with Gasteiger partial charge in [-0.05, 0) is 61.4 Å². The Labute approximate surface area is 221 Å². The highest BCUT2D eigenvalue weighted by atomic mass is 16.5. The van der Waals surface area contributed by atoms with Crippen LogP contribution in [-0.4, -0.2) is 29.2 Å². The largest absolute Gasteiger partial charge is 0.494 e. The Hall–Kier alpha value is -3.41. The van der Waals surface area contributed by atoms with Crippen molar-refractivity contribution in [3.63, 3.8) is 0 Å². The maximum atomic E-state index is 12.5. The average molecular weight is 505 g/mol. The fourth-order valence-corrected chi connectivity index (χ4v) is 3.86. The highest BCUT2D eigenvalue weighted by Gasteiger charge is 2.12. The second-order valence-electron chi connectivity index (χ2n) is 9.20. The van der Waals surface area contributed by atoms with E-state index in [1.54, 1.807) is 18.3 Å². The highest BCUT2D eigenvalue weighted by Crippen LogP contribution is 2.22. The molecule has 0 radical (unpaired) electrons. The van der Waals surface area contributed by atoms with E-state index in [9.17, 15) is 4.79 Å². The predicted octanol–water partition coefficient (Wildman–Crippen LogP) is 8.06. The number of nitrogens with zero attached hydrogens (tertiary/aromatic N) is 2. The number of hydrogen-bond acceptors (Lipinski definition) is 6. The summed E-state index contributed by atoms with van der Waals surface area (Å²) in [6.45, 7) is 5.84. The smallest absolute Gasteiger partial charge is 0.363 e. The van der Waals surface area contributed by atoms with Gasteiger partial charge in [0.1, 0.15) is 17.2 Å². The molecule has 2 aromatic carbocycles. The van der Waals surface area contributed by atoms with Crippen molar-refractivity contribution in [2.24, 2.45) is 0 Å². The molecule has 6 nitrogen and oxygen atoms in total. The molecule has 0 atom stereocenters. The van der Waals surface area contributed by atoms with Crippen molar-refractivity contribution in [3.8, 4) is 28.5 Å². The van der Waals surface area contributed by atoms with Gasteiger partial charge in [-0.2, -0.15) is 0 Å². The minimum Gasteiger partial charge on any atom is -0.494 e. The number of unbranched alkanes of at least 4 members (excludes halogenated alkanes) is 8. The summed E-state index contributed by atoms with van der Waals surface area (Å²) in [5.74, 6) is 1.50. The van der Waals surface area contributed by atoms with Crippen molar-refractivity contribution in [1.82, 2.24) is 9.97 Å². The number of carbonyl (C=O) groups is 1. The van der Waals surface area contributed by atoms with Crippen molar-refractivity contribution < 1.29 is 19.0 Å². The molecule has 198 valence electrons. The molecule has 37 heavy (non-hydrogen) atoms. The molecule has 1 aromatic heterocycles. The highest BCUT2D eigenvalue weighted by molar-refractivity contribution is 5.88. The molecule has 0 saturated carbocycles.